The lowest BCUT2D eigenvalue weighted by Gasteiger charge is -2.10. The molecule has 0 radical (unpaired) electrons. The molecule has 0 aromatic carbocycles. The molecule has 0 aliphatic rings. The number of thiophene rings is 1. The summed E-state index contributed by atoms with van der Waals surface area (Å²) >= 11 is 1.79. The molecule has 0 bridgehead atoms. The zero-order chi connectivity index (χ0) is 15.8. The molecule has 2 heterocycles. The molecule has 2 aromatic rings. The predicted molar refractivity (Wildman–Crippen MR) is 89.2 cm³/mol. The molecule has 0 spiro atoms. The molecule has 2 N–H and O–H groups in total. The van der Waals surface area contributed by atoms with Crippen molar-refractivity contribution < 1.29 is 4.52 Å². The molecule has 0 unspecified atom stereocenters. The maximum absolute atomic E-state index is 5.09. The molecule has 7 heteroatoms. The summed E-state index contributed by atoms with van der Waals surface area (Å²) in [5.41, 5.74) is 0. The smallest absolute Gasteiger partial charge is 0.226 e. The van der Waals surface area contributed by atoms with Gasteiger partial charge in [-0.2, -0.15) is 4.98 Å². The van der Waals surface area contributed by atoms with Crippen molar-refractivity contribution in [2.24, 2.45) is 4.99 Å². The molecule has 22 heavy (non-hydrogen) atoms. The van der Waals surface area contributed by atoms with Crippen LogP contribution in [0.25, 0.3) is 0 Å². The van der Waals surface area contributed by atoms with Crippen molar-refractivity contribution in [3.05, 3.63) is 33.6 Å². The number of hydrogen-bond acceptors (Lipinski definition) is 5. The van der Waals surface area contributed by atoms with Crippen LogP contribution in [0.5, 0.6) is 0 Å². The van der Waals surface area contributed by atoms with E-state index in [1.54, 1.807) is 11.3 Å². The van der Waals surface area contributed by atoms with Crippen LogP contribution >= 0.6 is 11.3 Å². The lowest BCUT2D eigenvalue weighted by molar-refractivity contribution is 0.372. The second-order valence-electron chi connectivity index (χ2n) is 4.97. The van der Waals surface area contributed by atoms with E-state index in [0.29, 0.717) is 18.3 Å². The third-order valence-electron chi connectivity index (χ3n) is 2.96. The summed E-state index contributed by atoms with van der Waals surface area (Å²) in [6, 6.07) is 4.26. The van der Waals surface area contributed by atoms with Crippen molar-refractivity contribution >= 4 is 17.3 Å². The number of aryl methyl sites for hydroxylation is 3. The summed E-state index contributed by atoms with van der Waals surface area (Å²) in [6.07, 6.45) is 1.70. The number of aliphatic imine (C=N–C) groups is 1. The Hall–Kier alpha value is -1.89. The fraction of sp³-hybridized carbons (Fsp3) is 0.533. The highest BCUT2D eigenvalue weighted by Gasteiger charge is 2.03. The Bertz CT molecular complexity index is 605. The average Bonchev–Trinajstić information content (AvgIpc) is 3.09. The standard InChI is InChI=1S/C15H23N5OS/c1-4-16-15(18-10-13-8-7-11(2)22-13)17-9-5-6-14-19-12(3)20-21-14/h7-8H,4-6,9-10H2,1-3H3,(H2,16,17,18). The minimum Gasteiger partial charge on any atom is -0.357 e. The summed E-state index contributed by atoms with van der Waals surface area (Å²) in [6.45, 7) is 8.37. The van der Waals surface area contributed by atoms with Crippen molar-refractivity contribution in [2.75, 3.05) is 13.1 Å². The molecule has 2 aromatic heterocycles. The van der Waals surface area contributed by atoms with Gasteiger partial charge in [0.2, 0.25) is 5.89 Å². The quantitative estimate of drug-likeness (QED) is 0.465. The zero-order valence-electron chi connectivity index (χ0n) is 13.3. The second-order valence-corrected chi connectivity index (χ2v) is 6.35. The molecule has 120 valence electrons. The summed E-state index contributed by atoms with van der Waals surface area (Å²) in [4.78, 5) is 11.4. The molecule has 0 aliphatic heterocycles. The Morgan fingerprint density at radius 3 is 2.82 bits per heavy atom. The third kappa shape index (κ3) is 5.48. The summed E-state index contributed by atoms with van der Waals surface area (Å²) in [5.74, 6) is 2.22. The van der Waals surface area contributed by atoms with E-state index in [4.69, 9.17) is 4.52 Å². The fourth-order valence-electron chi connectivity index (χ4n) is 1.96. The number of nitrogens with one attached hydrogen (secondary N) is 2. The van der Waals surface area contributed by atoms with Crippen molar-refractivity contribution in [1.29, 1.82) is 0 Å². The van der Waals surface area contributed by atoms with E-state index < -0.39 is 0 Å². The van der Waals surface area contributed by atoms with Crippen LogP contribution in [0.1, 0.15) is 34.8 Å². The van der Waals surface area contributed by atoms with Gasteiger partial charge < -0.3 is 15.2 Å². The van der Waals surface area contributed by atoms with Crippen LogP contribution in [0.2, 0.25) is 0 Å². The van der Waals surface area contributed by atoms with Crippen molar-refractivity contribution in [3.8, 4) is 0 Å². The van der Waals surface area contributed by atoms with E-state index in [1.165, 1.54) is 9.75 Å². The topological polar surface area (TPSA) is 75.3 Å². The number of hydrogen-bond donors (Lipinski definition) is 2. The van der Waals surface area contributed by atoms with Gasteiger partial charge in [-0.3, -0.25) is 0 Å². The first-order chi connectivity index (χ1) is 10.7. The van der Waals surface area contributed by atoms with E-state index in [9.17, 15) is 0 Å². The Balaban J connectivity index is 1.75. The lowest BCUT2D eigenvalue weighted by Crippen LogP contribution is -2.37. The van der Waals surface area contributed by atoms with Crippen LogP contribution in [0.4, 0.5) is 0 Å². The van der Waals surface area contributed by atoms with Gasteiger partial charge in [-0.25, -0.2) is 4.99 Å². The van der Waals surface area contributed by atoms with E-state index in [1.807, 2.05) is 6.92 Å². The molecule has 0 atom stereocenters. The van der Waals surface area contributed by atoms with Crippen LogP contribution in [0, 0.1) is 13.8 Å². The maximum atomic E-state index is 5.09. The normalized spacial score (nSPS) is 11.7. The molecule has 0 saturated heterocycles. The molecule has 0 saturated carbocycles. The van der Waals surface area contributed by atoms with Crippen LogP contribution in [-0.2, 0) is 13.0 Å². The maximum Gasteiger partial charge on any atom is 0.226 e. The third-order valence-corrected chi connectivity index (χ3v) is 3.95. The van der Waals surface area contributed by atoms with Gasteiger partial charge in [0, 0.05) is 29.3 Å². The van der Waals surface area contributed by atoms with Gasteiger partial charge in [0.25, 0.3) is 0 Å². The van der Waals surface area contributed by atoms with Crippen molar-refractivity contribution in [2.45, 2.75) is 40.2 Å². The van der Waals surface area contributed by atoms with Gasteiger partial charge in [-0.1, -0.05) is 5.16 Å². The number of nitrogens with zero attached hydrogens (tertiary/aromatic N) is 3. The lowest BCUT2D eigenvalue weighted by atomic mass is 10.3. The van der Waals surface area contributed by atoms with Crippen molar-refractivity contribution in [3.63, 3.8) is 0 Å². The fourth-order valence-corrected chi connectivity index (χ4v) is 2.77. The van der Waals surface area contributed by atoms with Gasteiger partial charge >= 0.3 is 0 Å². The first-order valence-corrected chi connectivity index (χ1v) is 8.35. The van der Waals surface area contributed by atoms with Gasteiger partial charge in [0.05, 0.1) is 6.54 Å². The molecular weight excluding hydrogens is 298 g/mol. The van der Waals surface area contributed by atoms with Gasteiger partial charge in [0.15, 0.2) is 11.8 Å². The number of aromatic nitrogens is 2. The Kier molecular flexibility index (Phi) is 6.39. The highest BCUT2D eigenvalue weighted by atomic mass is 32.1. The summed E-state index contributed by atoms with van der Waals surface area (Å²) in [7, 11) is 0. The Morgan fingerprint density at radius 2 is 2.18 bits per heavy atom. The Labute approximate surface area is 135 Å². The number of guanidine groups is 1. The highest BCUT2D eigenvalue weighted by molar-refractivity contribution is 7.11. The monoisotopic (exact) mass is 321 g/mol. The predicted octanol–water partition coefficient (Wildman–Crippen LogP) is 2.44. The van der Waals surface area contributed by atoms with Gasteiger partial charge in [0.1, 0.15) is 0 Å². The van der Waals surface area contributed by atoms with E-state index in [-0.39, 0.29) is 0 Å². The van der Waals surface area contributed by atoms with E-state index in [0.717, 1.165) is 31.9 Å². The van der Waals surface area contributed by atoms with Gasteiger partial charge in [-0.05, 0) is 39.3 Å². The van der Waals surface area contributed by atoms with Crippen LogP contribution < -0.4 is 10.6 Å². The van der Waals surface area contributed by atoms with E-state index >= 15 is 0 Å². The SMILES string of the molecule is CCNC(=NCc1ccc(C)s1)NCCCc1nc(C)no1. The molecule has 6 nitrogen and oxygen atoms in total. The average molecular weight is 321 g/mol. The second kappa shape index (κ2) is 8.53. The first-order valence-electron chi connectivity index (χ1n) is 7.54. The molecular formula is C15H23N5OS. The van der Waals surface area contributed by atoms with Gasteiger partial charge in [-0.15, -0.1) is 11.3 Å². The summed E-state index contributed by atoms with van der Waals surface area (Å²) in [5, 5.41) is 10.4. The summed E-state index contributed by atoms with van der Waals surface area (Å²) < 4.78 is 5.09. The Morgan fingerprint density at radius 1 is 1.32 bits per heavy atom. The van der Waals surface area contributed by atoms with Crippen LogP contribution in [0.15, 0.2) is 21.6 Å². The number of rotatable bonds is 7. The molecule has 0 aliphatic carbocycles. The molecule has 0 amide bonds. The largest absolute Gasteiger partial charge is 0.357 e. The highest BCUT2D eigenvalue weighted by Crippen LogP contribution is 2.15. The van der Waals surface area contributed by atoms with E-state index in [2.05, 4.69) is 51.7 Å². The van der Waals surface area contributed by atoms with Crippen molar-refractivity contribution in [1.82, 2.24) is 20.8 Å². The van der Waals surface area contributed by atoms with Crippen LogP contribution in [-0.4, -0.2) is 29.2 Å². The zero-order valence-corrected chi connectivity index (χ0v) is 14.2. The first kappa shape index (κ1) is 16.5. The minimum absolute atomic E-state index is 0.684. The molecule has 2 rings (SSSR count). The minimum atomic E-state index is 0.684. The van der Waals surface area contributed by atoms with Crippen LogP contribution in [0.3, 0.4) is 0 Å². The molecule has 0 fully saturated rings.